The van der Waals surface area contributed by atoms with Crippen LogP contribution in [0.15, 0.2) is 35.3 Å². The van der Waals surface area contributed by atoms with Gasteiger partial charge in [0.15, 0.2) is 5.96 Å². The number of likely N-dealkylation sites (N-methyl/N-ethyl adjacent to an activating group) is 1. The van der Waals surface area contributed by atoms with E-state index in [2.05, 4.69) is 48.6 Å². The van der Waals surface area contributed by atoms with Crippen LogP contribution in [0.3, 0.4) is 0 Å². The van der Waals surface area contributed by atoms with Gasteiger partial charge in [-0.05, 0) is 44.8 Å². The number of nitrogens with one attached hydrogen (secondary N) is 2. The molecule has 1 aliphatic rings. The highest BCUT2D eigenvalue weighted by atomic mass is 127. The van der Waals surface area contributed by atoms with Gasteiger partial charge in [0.1, 0.15) is 0 Å². The fourth-order valence-corrected chi connectivity index (χ4v) is 3.05. The lowest BCUT2D eigenvalue weighted by Crippen LogP contribution is -2.44. The highest BCUT2D eigenvalue weighted by Crippen LogP contribution is 2.13. The molecule has 1 aliphatic heterocycles. The van der Waals surface area contributed by atoms with Crippen molar-refractivity contribution in [3.63, 3.8) is 0 Å². The standard InChI is InChI=1S/C20H34N4O.HI/c1-4-21-20(23-14-19-11-8-12-24(19)3)22-13-17(2)15-25-16-18-9-6-5-7-10-18;/h5-7,9-10,17,19H,4,8,11-16H2,1-3H3,(H2,21,22,23);1H. The maximum absolute atomic E-state index is 5.81. The van der Waals surface area contributed by atoms with Crippen LogP contribution >= 0.6 is 24.0 Å². The minimum absolute atomic E-state index is 0. The van der Waals surface area contributed by atoms with E-state index in [1.807, 2.05) is 18.2 Å². The van der Waals surface area contributed by atoms with Gasteiger partial charge in [0.25, 0.3) is 0 Å². The van der Waals surface area contributed by atoms with E-state index in [0.29, 0.717) is 18.6 Å². The molecule has 6 heteroatoms. The van der Waals surface area contributed by atoms with E-state index >= 15 is 0 Å². The first-order chi connectivity index (χ1) is 12.2. The summed E-state index contributed by atoms with van der Waals surface area (Å²) in [6, 6.07) is 10.9. The Bertz CT molecular complexity index is 512. The molecule has 0 spiro atoms. The number of benzene rings is 1. The fraction of sp³-hybridized carbons (Fsp3) is 0.650. The molecule has 1 aromatic rings. The molecule has 0 saturated carbocycles. The second-order valence-electron chi connectivity index (χ2n) is 6.98. The molecule has 0 aliphatic carbocycles. The third-order valence-corrected chi connectivity index (χ3v) is 4.60. The van der Waals surface area contributed by atoms with Crippen molar-refractivity contribution in [3.8, 4) is 0 Å². The topological polar surface area (TPSA) is 48.9 Å². The molecule has 5 nitrogen and oxygen atoms in total. The first-order valence-electron chi connectivity index (χ1n) is 9.53. The predicted molar refractivity (Wildman–Crippen MR) is 120 cm³/mol. The SMILES string of the molecule is CCNC(=NCC(C)COCc1ccccc1)NCC1CCCN1C.I. The molecule has 2 N–H and O–H groups in total. The summed E-state index contributed by atoms with van der Waals surface area (Å²) in [6.07, 6.45) is 2.57. The maximum atomic E-state index is 5.81. The highest BCUT2D eigenvalue weighted by Gasteiger charge is 2.20. The van der Waals surface area contributed by atoms with E-state index in [4.69, 9.17) is 9.73 Å². The van der Waals surface area contributed by atoms with Gasteiger partial charge in [0.2, 0.25) is 0 Å². The van der Waals surface area contributed by atoms with Gasteiger partial charge in [-0.3, -0.25) is 4.99 Å². The number of hydrogen-bond acceptors (Lipinski definition) is 3. The summed E-state index contributed by atoms with van der Waals surface area (Å²) >= 11 is 0. The van der Waals surface area contributed by atoms with Gasteiger partial charge in [-0.2, -0.15) is 0 Å². The lowest BCUT2D eigenvalue weighted by atomic mass is 10.2. The van der Waals surface area contributed by atoms with Crippen LogP contribution in [0.25, 0.3) is 0 Å². The van der Waals surface area contributed by atoms with Crippen LogP contribution in [0.2, 0.25) is 0 Å². The number of guanidine groups is 1. The van der Waals surface area contributed by atoms with Crippen LogP contribution in [-0.4, -0.2) is 56.7 Å². The number of hydrogen-bond donors (Lipinski definition) is 2. The van der Waals surface area contributed by atoms with Crippen molar-refractivity contribution in [2.45, 2.75) is 39.3 Å². The van der Waals surface area contributed by atoms with E-state index in [9.17, 15) is 0 Å². The lowest BCUT2D eigenvalue weighted by Gasteiger charge is -2.21. The second-order valence-corrected chi connectivity index (χ2v) is 6.98. The Morgan fingerprint density at radius 2 is 2.08 bits per heavy atom. The Morgan fingerprint density at radius 1 is 1.31 bits per heavy atom. The van der Waals surface area contributed by atoms with Gasteiger partial charge >= 0.3 is 0 Å². The van der Waals surface area contributed by atoms with Crippen molar-refractivity contribution in [1.29, 1.82) is 0 Å². The Morgan fingerprint density at radius 3 is 2.73 bits per heavy atom. The van der Waals surface area contributed by atoms with Crippen LogP contribution in [0.5, 0.6) is 0 Å². The van der Waals surface area contributed by atoms with E-state index in [1.54, 1.807) is 0 Å². The van der Waals surface area contributed by atoms with Crippen LogP contribution in [0.4, 0.5) is 0 Å². The van der Waals surface area contributed by atoms with Crippen molar-refractivity contribution < 1.29 is 4.74 Å². The number of ether oxygens (including phenoxy) is 1. The molecule has 1 heterocycles. The fourth-order valence-electron chi connectivity index (χ4n) is 3.05. The molecule has 148 valence electrons. The average Bonchev–Trinajstić information content (AvgIpc) is 3.03. The number of halogens is 1. The maximum Gasteiger partial charge on any atom is 0.191 e. The highest BCUT2D eigenvalue weighted by molar-refractivity contribution is 14.0. The van der Waals surface area contributed by atoms with Gasteiger partial charge in [0.05, 0.1) is 13.2 Å². The van der Waals surface area contributed by atoms with Gasteiger partial charge < -0.3 is 20.3 Å². The van der Waals surface area contributed by atoms with Crippen molar-refractivity contribution in [2.24, 2.45) is 10.9 Å². The van der Waals surface area contributed by atoms with E-state index in [-0.39, 0.29) is 24.0 Å². The second kappa shape index (κ2) is 13.3. The first-order valence-corrected chi connectivity index (χ1v) is 9.53. The number of likely N-dealkylation sites (tertiary alicyclic amines) is 1. The van der Waals surface area contributed by atoms with Gasteiger partial charge in [0, 0.05) is 25.7 Å². The molecule has 0 amide bonds. The summed E-state index contributed by atoms with van der Waals surface area (Å²) in [4.78, 5) is 7.15. The monoisotopic (exact) mass is 474 g/mol. The van der Waals surface area contributed by atoms with Crippen LogP contribution in [0, 0.1) is 5.92 Å². The predicted octanol–water partition coefficient (Wildman–Crippen LogP) is 3.11. The summed E-state index contributed by atoms with van der Waals surface area (Å²) in [7, 11) is 2.20. The normalized spacial score (nSPS) is 19.0. The van der Waals surface area contributed by atoms with Crippen LogP contribution < -0.4 is 10.6 Å². The number of rotatable bonds is 9. The molecule has 26 heavy (non-hydrogen) atoms. The summed E-state index contributed by atoms with van der Waals surface area (Å²) < 4.78 is 5.81. The zero-order chi connectivity index (χ0) is 17.9. The molecule has 1 saturated heterocycles. The summed E-state index contributed by atoms with van der Waals surface area (Å²) in [5.41, 5.74) is 1.22. The van der Waals surface area contributed by atoms with Gasteiger partial charge in [-0.1, -0.05) is 37.3 Å². The molecule has 0 aromatic heterocycles. The molecular formula is C20H35IN4O. The van der Waals surface area contributed by atoms with Gasteiger partial charge in [-0.15, -0.1) is 24.0 Å². The van der Waals surface area contributed by atoms with Crippen molar-refractivity contribution in [1.82, 2.24) is 15.5 Å². The molecule has 2 atom stereocenters. The quantitative estimate of drug-likeness (QED) is 0.328. The minimum atomic E-state index is 0. The molecule has 1 fully saturated rings. The average molecular weight is 474 g/mol. The Kier molecular flexibility index (Phi) is 11.9. The largest absolute Gasteiger partial charge is 0.376 e. The molecule has 0 radical (unpaired) electrons. The van der Waals surface area contributed by atoms with Crippen molar-refractivity contribution >= 4 is 29.9 Å². The molecular weight excluding hydrogens is 439 g/mol. The zero-order valence-electron chi connectivity index (χ0n) is 16.4. The third-order valence-electron chi connectivity index (χ3n) is 4.60. The Hall–Kier alpha value is -0.860. The molecule has 2 rings (SSSR count). The van der Waals surface area contributed by atoms with Crippen LogP contribution in [0.1, 0.15) is 32.3 Å². The smallest absolute Gasteiger partial charge is 0.191 e. The van der Waals surface area contributed by atoms with Gasteiger partial charge in [-0.25, -0.2) is 0 Å². The van der Waals surface area contributed by atoms with Crippen molar-refractivity contribution in [3.05, 3.63) is 35.9 Å². The zero-order valence-corrected chi connectivity index (χ0v) is 18.7. The minimum Gasteiger partial charge on any atom is -0.376 e. The van der Waals surface area contributed by atoms with E-state index < -0.39 is 0 Å². The Balaban J connectivity index is 0.00000338. The molecule has 1 aromatic carbocycles. The number of aliphatic imine (C=N–C) groups is 1. The summed E-state index contributed by atoms with van der Waals surface area (Å²) in [5, 5.41) is 6.82. The summed E-state index contributed by atoms with van der Waals surface area (Å²) in [5.74, 6) is 1.31. The Labute approximate surface area is 176 Å². The van der Waals surface area contributed by atoms with Crippen LogP contribution in [-0.2, 0) is 11.3 Å². The first kappa shape index (κ1) is 23.2. The lowest BCUT2D eigenvalue weighted by molar-refractivity contribution is 0.0945. The third kappa shape index (κ3) is 8.68. The van der Waals surface area contributed by atoms with Crippen molar-refractivity contribution in [2.75, 3.05) is 39.8 Å². The molecule has 2 unspecified atom stereocenters. The number of nitrogens with zero attached hydrogens (tertiary/aromatic N) is 2. The molecule has 0 bridgehead atoms. The van der Waals surface area contributed by atoms with E-state index in [0.717, 1.165) is 32.2 Å². The summed E-state index contributed by atoms with van der Waals surface area (Å²) in [6.45, 7) is 9.49. The van der Waals surface area contributed by atoms with E-state index in [1.165, 1.54) is 24.9 Å².